The molecule has 0 rings (SSSR count). The zero-order valence-electron chi connectivity index (χ0n) is 11.8. The highest BCUT2D eigenvalue weighted by Gasteiger charge is 2.07. The Hall–Kier alpha value is -0.0800. The SMILES string of the molecule is CCCCCC(O)CCCC(O)CCCCC. The minimum atomic E-state index is -0.149. The summed E-state index contributed by atoms with van der Waals surface area (Å²) in [6, 6.07) is 0. The third-order valence-electron chi connectivity index (χ3n) is 3.36. The number of rotatable bonds is 12. The van der Waals surface area contributed by atoms with Crippen molar-refractivity contribution in [1.29, 1.82) is 0 Å². The van der Waals surface area contributed by atoms with Crippen LogP contribution in [0.15, 0.2) is 0 Å². The first-order chi connectivity index (χ1) is 8.20. The first kappa shape index (κ1) is 16.9. The Morgan fingerprint density at radius 1 is 0.588 bits per heavy atom. The molecule has 0 aromatic rings. The average molecular weight is 244 g/mol. The van der Waals surface area contributed by atoms with Gasteiger partial charge in [-0.3, -0.25) is 0 Å². The highest BCUT2D eigenvalue weighted by atomic mass is 16.3. The lowest BCUT2D eigenvalue weighted by Gasteiger charge is -2.13. The standard InChI is InChI=1S/C15H32O2/c1-3-5-7-10-14(16)12-9-13-15(17)11-8-6-4-2/h14-17H,3-13H2,1-2H3. The van der Waals surface area contributed by atoms with Crippen molar-refractivity contribution in [3.05, 3.63) is 0 Å². The molecule has 0 aliphatic heterocycles. The van der Waals surface area contributed by atoms with Gasteiger partial charge in [-0.2, -0.15) is 0 Å². The van der Waals surface area contributed by atoms with E-state index in [1.54, 1.807) is 0 Å². The Labute approximate surface area is 107 Å². The third-order valence-corrected chi connectivity index (χ3v) is 3.36. The van der Waals surface area contributed by atoms with Crippen molar-refractivity contribution in [2.75, 3.05) is 0 Å². The Bertz CT molecular complexity index is 132. The Morgan fingerprint density at radius 3 is 1.29 bits per heavy atom. The van der Waals surface area contributed by atoms with Crippen molar-refractivity contribution in [3.8, 4) is 0 Å². The van der Waals surface area contributed by atoms with Crippen LogP contribution in [0.4, 0.5) is 0 Å². The minimum absolute atomic E-state index is 0.149. The van der Waals surface area contributed by atoms with Crippen LogP contribution < -0.4 is 0 Å². The van der Waals surface area contributed by atoms with Gasteiger partial charge in [-0.05, 0) is 32.1 Å². The monoisotopic (exact) mass is 244 g/mol. The second-order valence-electron chi connectivity index (χ2n) is 5.23. The van der Waals surface area contributed by atoms with Crippen molar-refractivity contribution in [2.45, 2.75) is 96.7 Å². The molecule has 0 aromatic carbocycles. The van der Waals surface area contributed by atoms with Gasteiger partial charge < -0.3 is 10.2 Å². The molecule has 0 saturated heterocycles. The Morgan fingerprint density at radius 2 is 0.941 bits per heavy atom. The lowest BCUT2D eigenvalue weighted by atomic mass is 10.0. The van der Waals surface area contributed by atoms with Crippen molar-refractivity contribution in [3.63, 3.8) is 0 Å². The van der Waals surface area contributed by atoms with Gasteiger partial charge in [0.15, 0.2) is 0 Å². The van der Waals surface area contributed by atoms with E-state index < -0.39 is 0 Å². The van der Waals surface area contributed by atoms with Gasteiger partial charge in [0.25, 0.3) is 0 Å². The van der Waals surface area contributed by atoms with Gasteiger partial charge in [0.05, 0.1) is 12.2 Å². The lowest BCUT2D eigenvalue weighted by Crippen LogP contribution is -2.10. The van der Waals surface area contributed by atoms with E-state index in [2.05, 4.69) is 13.8 Å². The van der Waals surface area contributed by atoms with Crippen LogP contribution >= 0.6 is 0 Å². The summed E-state index contributed by atoms with van der Waals surface area (Å²) >= 11 is 0. The van der Waals surface area contributed by atoms with Crippen LogP contribution in [0.2, 0.25) is 0 Å². The van der Waals surface area contributed by atoms with Gasteiger partial charge in [0.1, 0.15) is 0 Å². The van der Waals surface area contributed by atoms with Gasteiger partial charge in [-0.15, -0.1) is 0 Å². The molecule has 2 nitrogen and oxygen atoms in total. The van der Waals surface area contributed by atoms with E-state index in [1.165, 1.54) is 25.7 Å². The molecule has 0 aliphatic rings. The second kappa shape index (κ2) is 12.4. The fourth-order valence-electron chi connectivity index (χ4n) is 2.14. The molecule has 0 amide bonds. The number of aliphatic hydroxyl groups is 2. The molecule has 0 spiro atoms. The maximum absolute atomic E-state index is 9.72. The maximum Gasteiger partial charge on any atom is 0.0540 e. The molecule has 0 aliphatic carbocycles. The van der Waals surface area contributed by atoms with Gasteiger partial charge in [-0.1, -0.05) is 52.4 Å². The van der Waals surface area contributed by atoms with Crippen molar-refractivity contribution < 1.29 is 10.2 Å². The van der Waals surface area contributed by atoms with Gasteiger partial charge >= 0.3 is 0 Å². The molecule has 2 N–H and O–H groups in total. The smallest absolute Gasteiger partial charge is 0.0540 e. The van der Waals surface area contributed by atoms with Crippen LogP contribution in [0.3, 0.4) is 0 Å². The zero-order valence-corrected chi connectivity index (χ0v) is 11.8. The number of hydrogen-bond donors (Lipinski definition) is 2. The summed E-state index contributed by atoms with van der Waals surface area (Å²) in [5.74, 6) is 0. The van der Waals surface area contributed by atoms with Crippen molar-refractivity contribution >= 4 is 0 Å². The molecule has 0 bridgehead atoms. The van der Waals surface area contributed by atoms with Crippen molar-refractivity contribution in [2.24, 2.45) is 0 Å². The van der Waals surface area contributed by atoms with Crippen LogP contribution in [-0.2, 0) is 0 Å². The number of hydrogen-bond acceptors (Lipinski definition) is 2. The summed E-state index contributed by atoms with van der Waals surface area (Å²) in [6.07, 6.45) is 11.4. The first-order valence-corrected chi connectivity index (χ1v) is 7.56. The second-order valence-corrected chi connectivity index (χ2v) is 5.23. The predicted molar refractivity (Wildman–Crippen MR) is 74.1 cm³/mol. The summed E-state index contributed by atoms with van der Waals surface area (Å²) in [7, 11) is 0. The molecule has 17 heavy (non-hydrogen) atoms. The van der Waals surface area contributed by atoms with Gasteiger partial charge in [-0.25, -0.2) is 0 Å². The zero-order chi connectivity index (χ0) is 12.9. The molecular formula is C15H32O2. The molecule has 0 saturated carbocycles. The quantitative estimate of drug-likeness (QED) is 0.509. The third kappa shape index (κ3) is 12.2. The van der Waals surface area contributed by atoms with E-state index in [1.807, 2.05) is 0 Å². The fourth-order valence-corrected chi connectivity index (χ4v) is 2.14. The van der Waals surface area contributed by atoms with Gasteiger partial charge in [0, 0.05) is 0 Å². The molecule has 2 atom stereocenters. The van der Waals surface area contributed by atoms with Crippen LogP contribution in [0.5, 0.6) is 0 Å². The maximum atomic E-state index is 9.72. The Kier molecular flexibility index (Phi) is 12.3. The molecule has 2 heteroatoms. The molecular weight excluding hydrogens is 212 g/mol. The predicted octanol–water partition coefficient (Wildman–Crippen LogP) is 4.04. The van der Waals surface area contributed by atoms with E-state index in [9.17, 15) is 10.2 Å². The van der Waals surface area contributed by atoms with Gasteiger partial charge in [0.2, 0.25) is 0 Å². The summed E-state index contributed by atoms with van der Waals surface area (Å²) in [5.41, 5.74) is 0. The molecule has 104 valence electrons. The molecule has 0 heterocycles. The topological polar surface area (TPSA) is 40.5 Å². The minimum Gasteiger partial charge on any atom is -0.393 e. The normalized spacial score (nSPS) is 14.8. The highest BCUT2D eigenvalue weighted by molar-refractivity contribution is 4.61. The summed E-state index contributed by atoms with van der Waals surface area (Å²) in [6.45, 7) is 4.36. The lowest BCUT2D eigenvalue weighted by molar-refractivity contribution is 0.121. The summed E-state index contributed by atoms with van der Waals surface area (Å²) in [5, 5.41) is 19.4. The molecule has 0 radical (unpaired) electrons. The average Bonchev–Trinajstić information content (AvgIpc) is 2.30. The Balaban J connectivity index is 3.29. The van der Waals surface area contributed by atoms with E-state index >= 15 is 0 Å². The van der Waals surface area contributed by atoms with E-state index in [4.69, 9.17) is 0 Å². The van der Waals surface area contributed by atoms with Crippen LogP contribution in [0.1, 0.15) is 84.5 Å². The van der Waals surface area contributed by atoms with E-state index in [0.29, 0.717) is 0 Å². The number of unbranched alkanes of at least 4 members (excludes halogenated alkanes) is 4. The molecule has 2 unspecified atom stereocenters. The van der Waals surface area contributed by atoms with E-state index in [-0.39, 0.29) is 12.2 Å². The van der Waals surface area contributed by atoms with Crippen LogP contribution in [-0.4, -0.2) is 22.4 Å². The van der Waals surface area contributed by atoms with E-state index in [0.717, 1.165) is 44.9 Å². The summed E-state index contributed by atoms with van der Waals surface area (Å²) < 4.78 is 0. The summed E-state index contributed by atoms with van der Waals surface area (Å²) in [4.78, 5) is 0. The first-order valence-electron chi connectivity index (χ1n) is 7.56. The molecule has 0 fully saturated rings. The number of aliphatic hydroxyl groups excluding tert-OH is 2. The fraction of sp³-hybridized carbons (Fsp3) is 1.00. The molecule has 0 aromatic heterocycles. The van der Waals surface area contributed by atoms with Crippen LogP contribution in [0.25, 0.3) is 0 Å². The van der Waals surface area contributed by atoms with Crippen molar-refractivity contribution in [1.82, 2.24) is 0 Å². The van der Waals surface area contributed by atoms with Crippen LogP contribution in [0, 0.1) is 0 Å². The largest absolute Gasteiger partial charge is 0.393 e. The highest BCUT2D eigenvalue weighted by Crippen LogP contribution is 2.13.